The number of carbonyl (C=O) groups is 2. The van der Waals surface area contributed by atoms with Crippen LogP contribution >= 0.6 is 0 Å². The van der Waals surface area contributed by atoms with E-state index in [1.165, 1.54) is 4.90 Å². The number of anilines is 1. The SMILES string of the molecule is CCOc1cccc(C2/C(=C(\O)c3cccc(OCC(C)C)c3)C(=O)C(=O)N2c2cccc(OCC)c2)c1. The van der Waals surface area contributed by atoms with Crippen LogP contribution in [0.2, 0.25) is 0 Å². The minimum atomic E-state index is -0.882. The summed E-state index contributed by atoms with van der Waals surface area (Å²) in [7, 11) is 0. The Hall–Kier alpha value is -4.26. The smallest absolute Gasteiger partial charge is 0.300 e. The number of amides is 1. The van der Waals surface area contributed by atoms with E-state index in [-0.39, 0.29) is 11.3 Å². The average Bonchev–Trinajstić information content (AvgIpc) is 3.18. The fourth-order valence-electron chi connectivity index (χ4n) is 4.40. The third kappa shape index (κ3) is 5.67. The molecule has 4 rings (SSSR count). The lowest BCUT2D eigenvalue weighted by molar-refractivity contribution is -0.132. The molecule has 0 spiro atoms. The fourth-order valence-corrected chi connectivity index (χ4v) is 4.40. The van der Waals surface area contributed by atoms with Gasteiger partial charge < -0.3 is 19.3 Å². The Morgan fingerprint density at radius 2 is 1.45 bits per heavy atom. The first-order valence-corrected chi connectivity index (χ1v) is 12.8. The fraction of sp³-hybridized carbons (Fsp3) is 0.290. The molecule has 1 aliphatic heterocycles. The molecule has 1 N–H and O–H groups in total. The first kappa shape index (κ1) is 26.8. The molecule has 198 valence electrons. The van der Waals surface area contributed by atoms with Crippen LogP contribution in [0.15, 0.2) is 78.4 Å². The molecule has 7 nitrogen and oxygen atoms in total. The Bertz CT molecular complexity index is 1350. The van der Waals surface area contributed by atoms with Gasteiger partial charge >= 0.3 is 0 Å². The molecule has 0 radical (unpaired) electrons. The summed E-state index contributed by atoms with van der Waals surface area (Å²) in [4.78, 5) is 28.4. The number of hydrogen-bond acceptors (Lipinski definition) is 6. The van der Waals surface area contributed by atoms with Crippen LogP contribution in [0.3, 0.4) is 0 Å². The summed E-state index contributed by atoms with van der Waals surface area (Å²) < 4.78 is 17.2. The number of carbonyl (C=O) groups excluding carboxylic acids is 2. The lowest BCUT2D eigenvalue weighted by Gasteiger charge is -2.26. The Kier molecular flexibility index (Phi) is 8.36. The van der Waals surface area contributed by atoms with Gasteiger partial charge in [-0.2, -0.15) is 0 Å². The van der Waals surface area contributed by atoms with Crippen molar-refractivity contribution in [2.24, 2.45) is 5.92 Å². The molecule has 3 aromatic rings. The lowest BCUT2D eigenvalue weighted by Crippen LogP contribution is -2.29. The molecule has 1 fully saturated rings. The van der Waals surface area contributed by atoms with E-state index in [0.29, 0.717) is 59.8 Å². The number of ether oxygens (including phenoxy) is 3. The van der Waals surface area contributed by atoms with E-state index < -0.39 is 17.7 Å². The number of ketones is 1. The third-order valence-electron chi connectivity index (χ3n) is 6.03. The van der Waals surface area contributed by atoms with E-state index >= 15 is 0 Å². The molecule has 38 heavy (non-hydrogen) atoms. The van der Waals surface area contributed by atoms with Crippen molar-refractivity contribution in [3.05, 3.63) is 89.5 Å². The number of aliphatic hydroxyl groups excluding tert-OH is 1. The summed E-state index contributed by atoms with van der Waals surface area (Å²) in [6, 6.07) is 20.2. The number of benzene rings is 3. The van der Waals surface area contributed by atoms with Crippen LogP contribution in [-0.4, -0.2) is 36.6 Å². The summed E-state index contributed by atoms with van der Waals surface area (Å²) >= 11 is 0. The van der Waals surface area contributed by atoms with Crippen molar-refractivity contribution in [1.29, 1.82) is 0 Å². The molecule has 0 aromatic heterocycles. The maximum absolute atomic E-state index is 13.5. The molecule has 1 saturated heterocycles. The highest BCUT2D eigenvalue weighted by atomic mass is 16.5. The van der Waals surface area contributed by atoms with E-state index in [1.54, 1.807) is 60.7 Å². The Morgan fingerprint density at radius 3 is 2.11 bits per heavy atom. The van der Waals surface area contributed by atoms with Gasteiger partial charge in [0.25, 0.3) is 11.7 Å². The number of nitrogens with zero attached hydrogens (tertiary/aromatic N) is 1. The van der Waals surface area contributed by atoms with Gasteiger partial charge in [-0.05, 0) is 61.7 Å². The molecule has 0 bridgehead atoms. The van der Waals surface area contributed by atoms with Gasteiger partial charge in [0.05, 0.1) is 31.4 Å². The predicted molar refractivity (Wildman–Crippen MR) is 147 cm³/mol. The number of hydrogen-bond donors (Lipinski definition) is 1. The van der Waals surface area contributed by atoms with Crippen LogP contribution in [0.5, 0.6) is 17.2 Å². The molecule has 0 saturated carbocycles. The van der Waals surface area contributed by atoms with Gasteiger partial charge in [0.1, 0.15) is 23.0 Å². The zero-order valence-electron chi connectivity index (χ0n) is 22.1. The summed E-state index contributed by atoms with van der Waals surface area (Å²) in [5.74, 6) is 0.280. The summed E-state index contributed by atoms with van der Waals surface area (Å²) in [5.41, 5.74) is 1.49. The van der Waals surface area contributed by atoms with Crippen LogP contribution in [-0.2, 0) is 9.59 Å². The molecule has 1 unspecified atom stereocenters. The number of Topliss-reactive ketones (excluding diaryl/α,β-unsaturated/α-hetero) is 1. The summed E-state index contributed by atoms with van der Waals surface area (Å²) in [6.45, 7) is 9.27. The minimum Gasteiger partial charge on any atom is -0.507 e. The zero-order chi connectivity index (χ0) is 27.2. The van der Waals surface area contributed by atoms with Gasteiger partial charge in [0.15, 0.2) is 0 Å². The minimum absolute atomic E-state index is 0.00790. The highest BCUT2D eigenvalue weighted by Gasteiger charge is 2.47. The Labute approximate surface area is 223 Å². The topological polar surface area (TPSA) is 85.3 Å². The maximum atomic E-state index is 13.5. The molecule has 1 amide bonds. The van der Waals surface area contributed by atoms with Crippen LogP contribution in [0, 0.1) is 5.92 Å². The van der Waals surface area contributed by atoms with Gasteiger partial charge in [0, 0.05) is 17.3 Å². The standard InChI is InChI=1S/C31H33NO6/c1-5-36-24-13-7-10-21(16-24)28-27(29(33)22-11-8-14-25(17-22)38-19-20(3)4)30(34)31(35)32(28)23-12-9-15-26(18-23)37-6-2/h7-18,20,28,33H,5-6,19H2,1-4H3/b29-27+. The second-order valence-electron chi connectivity index (χ2n) is 9.34. The van der Waals surface area contributed by atoms with Crippen molar-refractivity contribution in [2.45, 2.75) is 33.7 Å². The lowest BCUT2D eigenvalue weighted by atomic mass is 9.95. The molecule has 1 atom stereocenters. The van der Waals surface area contributed by atoms with Crippen LogP contribution in [0.4, 0.5) is 5.69 Å². The monoisotopic (exact) mass is 515 g/mol. The largest absolute Gasteiger partial charge is 0.507 e. The quantitative estimate of drug-likeness (QED) is 0.198. The van der Waals surface area contributed by atoms with E-state index in [4.69, 9.17) is 14.2 Å². The first-order chi connectivity index (χ1) is 18.3. The van der Waals surface area contributed by atoms with E-state index in [1.807, 2.05) is 39.8 Å². The van der Waals surface area contributed by atoms with Gasteiger partial charge in [-0.25, -0.2) is 0 Å². The average molecular weight is 516 g/mol. The molecule has 3 aromatic carbocycles. The van der Waals surface area contributed by atoms with Gasteiger partial charge in [-0.15, -0.1) is 0 Å². The van der Waals surface area contributed by atoms with Crippen molar-refractivity contribution in [2.75, 3.05) is 24.7 Å². The first-order valence-electron chi connectivity index (χ1n) is 12.8. The van der Waals surface area contributed by atoms with Crippen molar-refractivity contribution < 1.29 is 28.9 Å². The number of rotatable bonds is 10. The zero-order valence-corrected chi connectivity index (χ0v) is 22.1. The predicted octanol–water partition coefficient (Wildman–Crippen LogP) is 6.15. The van der Waals surface area contributed by atoms with Crippen molar-refractivity contribution in [3.63, 3.8) is 0 Å². The van der Waals surface area contributed by atoms with Gasteiger partial charge in [0.2, 0.25) is 0 Å². The van der Waals surface area contributed by atoms with Gasteiger partial charge in [-0.1, -0.05) is 44.2 Å². The maximum Gasteiger partial charge on any atom is 0.300 e. The second-order valence-corrected chi connectivity index (χ2v) is 9.34. The molecule has 0 aliphatic carbocycles. The third-order valence-corrected chi connectivity index (χ3v) is 6.03. The van der Waals surface area contributed by atoms with Crippen molar-refractivity contribution in [1.82, 2.24) is 0 Å². The van der Waals surface area contributed by atoms with Crippen molar-refractivity contribution in [3.8, 4) is 17.2 Å². The summed E-state index contributed by atoms with van der Waals surface area (Å²) in [6.07, 6.45) is 0. The summed E-state index contributed by atoms with van der Waals surface area (Å²) in [5, 5.41) is 11.5. The molecule has 1 heterocycles. The molecule has 1 aliphatic rings. The second kappa shape index (κ2) is 11.9. The number of aliphatic hydroxyl groups is 1. The Balaban J connectivity index is 1.87. The van der Waals surface area contributed by atoms with E-state index in [2.05, 4.69) is 0 Å². The molecule has 7 heteroatoms. The van der Waals surface area contributed by atoms with E-state index in [0.717, 1.165) is 0 Å². The highest BCUT2D eigenvalue weighted by molar-refractivity contribution is 6.51. The molecular formula is C31H33NO6. The van der Waals surface area contributed by atoms with Crippen LogP contribution in [0.25, 0.3) is 5.76 Å². The van der Waals surface area contributed by atoms with Gasteiger partial charge in [-0.3, -0.25) is 14.5 Å². The Morgan fingerprint density at radius 1 is 0.842 bits per heavy atom. The van der Waals surface area contributed by atoms with Crippen molar-refractivity contribution >= 4 is 23.1 Å². The highest BCUT2D eigenvalue weighted by Crippen LogP contribution is 2.43. The van der Waals surface area contributed by atoms with E-state index in [9.17, 15) is 14.7 Å². The van der Waals surface area contributed by atoms with Crippen LogP contribution in [0.1, 0.15) is 44.9 Å². The molecular weight excluding hydrogens is 482 g/mol. The normalized spacial score (nSPS) is 16.7. The van der Waals surface area contributed by atoms with Crippen LogP contribution < -0.4 is 19.1 Å².